The molecule has 7 heteroatoms. The van der Waals surface area contributed by atoms with Crippen molar-refractivity contribution in [2.24, 2.45) is 0 Å². The minimum absolute atomic E-state index is 0.0793. The van der Waals surface area contributed by atoms with Crippen LogP contribution in [-0.2, 0) is 17.6 Å². The molecule has 0 saturated heterocycles. The van der Waals surface area contributed by atoms with Gasteiger partial charge < -0.3 is 5.32 Å². The summed E-state index contributed by atoms with van der Waals surface area (Å²) in [5, 5.41) is 12.3. The molecule has 4 aromatic rings. The van der Waals surface area contributed by atoms with E-state index in [0.29, 0.717) is 24.5 Å². The van der Waals surface area contributed by atoms with Crippen molar-refractivity contribution >= 4 is 17.7 Å². The summed E-state index contributed by atoms with van der Waals surface area (Å²) in [6.07, 6.45) is 1.30. The minimum atomic E-state index is -0.261. The Kier molecular flexibility index (Phi) is 7.30. The molecule has 4 rings (SSSR count). The molecular weight excluding hydrogens is 423 g/mol. The van der Waals surface area contributed by atoms with Gasteiger partial charge in [-0.2, -0.15) is 0 Å². The van der Waals surface area contributed by atoms with Gasteiger partial charge in [-0.05, 0) is 41.8 Å². The Morgan fingerprint density at radius 1 is 0.875 bits per heavy atom. The van der Waals surface area contributed by atoms with Crippen molar-refractivity contribution in [3.05, 3.63) is 108 Å². The van der Waals surface area contributed by atoms with Crippen LogP contribution in [0.2, 0.25) is 0 Å². The number of halogens is 1. The third kappa shape index (κ3) is 5.82. The van der Waals surface area contributed by atoms with Gasteiger partial charge in [0.25, 0.3) is 0 Å². The average Bonchev–Trinajstić information content (AvgIpc) is 3.22. The van der Waals surface area contributed by atoms with E-state index in [0.717, 1.165) is 22.6 Å². The van der Waals surface area contributed by atoms with Gasteiger partial charge in [-0.25, -0.2) is 4.39 Å². The van der Waals surface area contributed by atoms with Crippen LogP contribution in [0.4, 0.5) is 4.39 Å². The van der Waals surface area contributed by atoms with Crippen LogP contribution in [0.5, 0.6) is 0 Å². The van der Waals surface area contributed by atoms with Crippen molar-refractivity contribution in [1.82, 2.24) is 20.1 Å². The Morgan fingerprint density at radius 3 is 2.28 bits per heavy atom. The normalized spacial score (nSPS) is 10.8. The van der Waals surface area contributed by atoms with E-state index in [9.17, 15) is 9.18 Å². The third-order valence-electron chi connectivity index (χ3n) is 4.90. The van der Waals surface area contributed by atoms with Crippen molar-refractivity contribution in [3.8, 4) is 5.69 Å². The van der Waals surface area contributed by atoms with E-state index in [-0.39, 0.29) is 17.5 Å². The van der Waals surface area contributed by atoms with E-state index in [4.69, 9.17) is 0 Å². The van der Waals surface area contributed by atoms with E-state index in [2.05, 4.69) is 27.6 Å². The Morgan fingerprint density at radius 2 is 1.56 bits per heavy atom. The highest BCUT2D eigenvalue weighted by Crippen LogP contribution is 2.23. The first kappa shape index (κ1) is 21.8. The lowest BCUT2D eigenvalue weighted by Gasteiger charge is -2.10. The fraction of sp³-hybridized carbons (Fsp3) is 0.160. The molecule has 0 saturated carbocycles. The first-order chi connectivity index (χ1) is 15.7. The van der Waals surface area contributed by atoms with Crippen molar-refractivity contribution in [2.45, 2.75) is 18.0 Å². The molecule has 5 nitrogen and oxygen atoms in total. The number of hydrogen-bond donors (Lipinski definition) is 1. The zero-order valence-corrected chi connectivity index (χ0v) is 18.3. The molecule has 0 aliphatic carbocycles. The summed E-state index contributed by atoms with van der Waals surface area (Å²) >= 11 is 1.36. The standard InChI is InChI=1S/C25H23FN4OS/c26-21-13-11-19(12-14-21)15-16-27-24(31)18-32-25-29-28-23(17-20-7-3-1-4-8-20)30(25)22-9-5-2-6-10-22/h1-14H,15-18H2,(H,27,31). The lowest BCUT2D eigenvalue weighted by Crippen LogP contribution is -2.27. The Bertz CT molecular complexity index is 1150. The molecule has 0 aliphatic heterocycles. The Labute approximate surface area is 190 Å². The fourth-order valence-corrected chi connectivity index (χ4v) is 4.10. The van der Waals surface area contributed by atoms with E-state index in [1.807, 2.05) is 53.1 Å². The number of para-hydroxylation sites is 1. The van der Waals surface area contributed by atoms with Crippen molar-refractivity contribution < 1.29 is 9.18 Å². The Balaban J connectivity index is 1.40. The molecule has 0 unspecified atom stereocenters. The summed E-state index contributed by atoms with van der Waals surface area (Å²) < 4.78 is 15.0. The maximum Gasteiger partial charge on any atom is 0.230 e. The molecule has 0 atom stereocenters. The van der Waals surface area contributed by atoms with Gasteiger partial charge in [0.05, 0.1) is 5.75 Å². The van der Waals surface area contributed by atoms with Gasteiger partial charge in [0.1, 0.15) is 11.6 Å². The lowest BCUT2D eigenvalue weighted by molar-refractivity contribution is -0.118. The van der Waals surface area contributed by atoms with Crippen LogP contribution in [0.1, 0.15) is 17.0 Å². The summed E-state index contributed by atoms with van der Waals surface area (Å²) in [4.78, 5) is 12.4. The first-order valence-corrected chi connectivity index (χ1v) is 11.4. The van der Waals surface area contributed by atoms with Crippen LogP contribution >= 0.6 is 11.8 Å². The van der Waals surface area contributed by atoms with Gasteiger partial charge >= 0.3 is 0 Å². The second kappa shape index (κ2) is 10.7. The highest BCUT2D eigenvalue weighted by molar-refractivity contribution is 7.99. The third-order valence-corrected chi connectivity index (χ3v) is 5.83. The Hall–Kier alpha value is -3.45. The van der Waals surface area contributed by atoms with E-state index in [1.165, 1.54) is 23.9 Å². The van der Waals surface area contributed by atoms with Crippen LogP contribution in [-0.4, -0.2) is 33.0 Å². The molecule has 1 heterocycles. The van der Waals surface area contributed by atoms with Gasteiger partial charge in [0.2, 0.25) is 5.91 Å². The molecule has 0 radical (unpaired) electrons. The van der Waals surface area contributed by atoms with Gasteiger partial charge in [-0.3, -0.25) is 9.36 Å². The summed E-state index contributed by atoms with van der Waals surface area (Å²) in [5.74, 6) is 0.717. The number of carbonyl (C=O) groups excluding carboxylic acids is 1. The molecule has 1 N–H and O–H groups in total. The topological polar surface area (TPSA) is 59.8 Å². The fourth-order valence-electron chi connectivity index (χ4n) is 3.30. The molecular formula is C25H23FN4OS. The van der Waals surface area contributed by atoms with Crippen LogP contribution < -0.4 is 5.32 Å². The molecule has 1 aromatic heterocycles. The van der Waals surface area contributed by atoms with E-state index >= 15 is 0 Å². The molecule has 3 aromatic carbocycles. The summed E-state index contributed by atoms with van der Waals surface area (Å²) in [6.45, 7) is 0.496. The summed E-state index contributed by atoms with van der Waals surface area (Å²) in [7, 11) is 0. The second-order valence-corrected chi connectivity index (χ2v) is 8.19. The highest BCUT2D eigenvalue weighted by Gasteiger charge is 2.16. The van der Waals surface area contributed by atoms with Gasteiger partial charge in [-0.15, -0.1) is 10.2 Å². The maximum absolute atomic E-state index is 13.0. The molecule has 0 aliphatic rings. The monoisotopic (exact) mass is 446 g/mol. The van der Waals surface area contributed by atoms with Gasteiger partial charge in [0, 0.05) is 18.7 Å². The smallest absolute Gasteiger partial charge is 0.230 e. The minimum Gasteiger partial charge on any atom is -0.355 e. The van der Waals surface area contributed by atoms with E-state index in [1.54, 1.807) is 12.1 Å². The lowest BCUT2D eigenvalue weighted by atomic mass is 10.1. The molecule has 0 fully saturated rings. The molecule has 0 bridgehead atoms. The van der Waals surface area contributed by atoms with Crippen molar-refractivity contribution in [3.63, 3.8) is 0 Å². The second-order valence-electron chi connectivity index (χ2n) is 7.25. The summed E-state index contributed by atoms with van der Waals surface area (Å²) in [5.41, 5.74) is 3.09. The summed E-state index contributed by atoms with van der Waals surface area (Å²) in [6, 6.07) is 26.3. The SMILES string of the molecule is O=C(CSc1nnc(Cc2ccccc2)n1-c1ccccc1)NCCc1ccc(F)cc1. The number of hydrogen-bond acceptors (Lipinski definition) is 4. The number of benzene rings is 3. The van der Waals surface area contributed by atoms with Crippen LogP contribution in [0.3, 0.4) is 0 Å². The predicted octanol–water partition coefficient (Wildman–Crippen LogP) is 4.45. The maximum atomic E-state index is 13.0. The molecule has 32 heavy (non-hydrogen) atoms. The van der Waals surface area contributed by atoms with Crippen molar-refractivity contribution in [1.29, 1.82) is 0 Å². The highest BCUT2D eigenvalue weighted by atomic mass is 32.2. The number of nitrogens with one attached hydrogen (secondary N) is 1. The number of amides is 1. The number of aromatic nitrogens is 3. The van der Waals surface area contributed by atoms with Gasteiger partial charge in [0.15, 0.2) is 5.16 Å². The van der Waals surface area contributed by atoms with Gasteiger partial charge in [-0.1, -0.05) is 72.4 Å². The average molecular weight is 447 g/mol. The molecule has 1 amide bonds. The number of rotatable bonds is 9. The zero-order chi connectivity index (χ0) is 22.2. The predicted molar refractivity (Wildman–Crippen MR) is 124 cm³/mol. The number of nitrogens with zero attached hydrogens (tertiary/aromatic N) is 3. The van der Waals surface area contributed by atoms with Crippen LogP contribution in [0.15, 0.2) is 90.1 Å². The number of carbonyl (C=O) groups is 1. The van der Waals surface area contributed by atoms with Crippen LogP contribution in [0, 0.1) is 5.82 Å². The largest absolute Gasteiger partial charge is 0.355 e. The molecule has 162 valence electrons. The van der Waals surface area contributed by atoms with Crippen LogP contribution in [0.25, 0.3) is 5.69 Å². The van der Waals surface area contributed by atoms with E-state index < -0.39 is 0 Å². The van der Waals surface area contributed by atoms with Crippen molar-refractivity contribution in [2.75, 3.05) is 12.3 Å². The molecule has 0 spiro atoms. The quantitative estimate of drug-likeness (QED) is 0.386. The first-order valence-electron chi connectivity index (χ1n) is 10.4. The zero-order valence-electron chi connectivity index (χ0n) is 17.4. The number of thioether (sulfide) groups is 1.